The van der Waals surface area contributed by atoms with Crippen LogP contribution >= 0.6 is 11.3 Å². The normalized spacial score (nSPS) is 17.2. The van der Waals surface area contributed by atoms with Gasteiger partial charge in [0.25, 0.3) is 0 Å². The van der Waals surface area contributed by atoms with E-state index in [2.05, 4.69) is 5.43 Å². The molecule has 3 aromatic rings. The van der Waals surface area contributed by atoms with E-state index < -0.39 is 12.1 Å². The second kappa shape index (κ2) is 6.44. The molecule has 0 spiro atoms. The molecule has 2 aromatic heterocycles. The number of fused-ring (bicyclic) bond motifs is 1. The highest BCUT2D eigenvalue weighted by Gasteiger charge is 2.35. The van der Waals surface area contributed by atoms with Gasteiger partial charge in [0.15, 0.2) is 0 Å². The molecule has 0 fully saturated rings. The molecule has 0 saturated heterocycles. The number of hydrazine groups is 1. The maximum atomic E-state index is 10.9. The number of anilines is 2. The lowest BCUT2D eigenvalue weighted by Crippen LogP contribution is -2.44. The number of aromatic nitrogens is 1. The molecule has 0 aliphatic carbocycles. The quantitative estimate of drug-likeness (QED) is 0.566. The maximum absolute atomic E-state index is 10.9. The minimum absolute atomic E-state index is 0.0299. The fourth-order valence-corrected chi connectivity index (χ4v) is 3.89. The van der Waals surface area contributed by atoms with Crippen molar-refractivity contribution in [3.63, 3.8) is 0 Å². The van der Waals surface area contributed by atoms with Crippen molar-refractivity contribution in [2.24, 2.45) is 7.05 Å². The Morgan fingerprint density at radius 1 is 1.08 bits per heavy atom. The number of aromatic hydroxyl groups is 2. The monoisotopic (exact) mass is 369 g/mol. The standard InChI is InChI=1S/C19H19N3O3S/c1-21-18(24)13-9-10-14(17(23)15-8-5-11-26-15)22(16(13)19(21)25)20-12-6-3-2-4-7-12/h2-11,14,17,20,23-25H,1H3. The summed E-state index contributed by atoms with van der Waals surface area (Å²) in [4.78, 5) is 0.822. The zero-order valence-electron chi connectivity index (χ0n) is 14.1. The lowest BCUT2D eigenvalue weighted by Gasteiger charge is -2.37. The zero-order valence-corrected chi connectivity index (χ0v) is 14.9. The van der Waals surface area contributed by atoms with E-state index in [-0.39, 0.29) is 11.8 Å². The van der Waals surface area contributed by atoms with E-state index in [9.17, 15) is 15.3 Å². The lowest BCUT2D eigenvalue weighted by molar-refractivity contribution is 0.164. The van der Waals surface area contributed by atoms with E-state index >= 15 is 0 Å². The van der Waals surface area contributed by atoms with Crippen LogP contribution in [-0.4, -0.2) is 25.9 Å². The van der Waals surface area contributed by atoms with Crippen LogP contribution in [0, 0.1) is 0 Å². The summed E-state index contributed by atoms with van der Waals surface area (Å²) >= 11 is 1.47. The van der Waals surface area contributed by atoms with Gasteiger partial charge in [0.2, 0.25) is 11.8 Å². The number of benzene rings is 1. The average molecular weight is 369 g/mol. The number of aliphatic hydroxyl groups excluding tert-OH is 1. The highest BCUT2D eigenvalue weighted by molar-refractivity contribution is 7.10. The van der Waals surface area contributed by atoms with E-state index in [4.69, 9.17) is 0 Å². The molecule has 0 saturated carbocycles. The number of nitrogens with zero attached hydrogens (tertiary/aromatic N) is 2. The van der Waals surface area contributed by atoms with Crippen molar-refractivity contribution >= 4 is 28.8 Å². The molecule has 2 unspecified atom stereocenters. The number of para-hydroxylation sites is 1. The molecule has 3 heterocycles. The Labute approximate surface area is 154 Å². The van der Waals surface area contributed by atoms with Gasteiger partial charge in [-0.25, -0.2) is 0 Å². The Hall–Kier alpha value is -2.90. The number of nitrogens with one attached hydrogen (secondary N) is 1. The molecular formula is C19H19N3O3S. The highest BCUT2D eigenvalue weighted by atomic mass is 32.1. The van der Waals surface area contributed by atoms with E-state index in [0.717, 1.165) is 10.6 Å². The third kappa shape index (κ3) is 2.61. The maximum Gasteiger partial charge on any atom is 0.220 e. The van der Waals surface area contributed by atoms with Crippen molar-refractivity contribution < 1.29 is 15.3 Å². The molecule has 0 bridgehead atoms. The van der Waals surface area contributed by atoms with E-state index in [0.29, 0.717) is 11.3 Å². The van der Waals surface area contributed by atoms with Gasteiger partial charge in [0.05, 0.1) is 17.3 Å². The molecule has 134 valence electrons. The van der Waals surface area contributed by atoms with Crippen LogP contribution < -0.4 is 10.4 Å². The van der Waals surface area contributed by atoms with Crippen LogP contribution in [0.4, 0.5) is 11.4 Å². The second-order valence-corrected chi connectivity index (χ2v) is 7.11. The van der Waals surface area contributed by atoms with Crippen LogP contribution in [-0.2, 0) is 7.05 Å². The lowest BCUT2D eigenvalue weighted by atomic mass is 10.0. The van der Waals surface area contributed by atoms with Gasteiger partial charge in [-0.3, -0.25) is 15.0 Å². The van der Waals surface area contributed by atoms with Crippen LogP contribution in [0.1, 0.15) is 16.5 Å². The predicted molar refractivity (Wildman–Crippen MR) is 103 cm³/mol. The Kier molecular flexibility index (Phi) is 4.10. The first kappa shape index (κ1) is 16.6. The van der Waals surface area contributed by atoms with Gasteiger partial charge >= 0.3 is 0 Å². The smallest absolute Gasteiger partial charge is 0.220 e. The molecule has 1 aliphatic heterocycles. The summed E-state index contributed by atoms with van der Waals surface area (Å²) in [5, 5.41) is 35.4. The van der Waals surface area contributed by atoms with Crippen LogP contribution in [0.5, 0.6) is 11.8 Å². The predicted octanol–water partition coefficient (Wildman–Crippen LogP) is 3.46. The van der Waals surface area contributed by atoms with E-state index in [1.54, 1.807) is 18.1 Å². The molecule has 0 radical (unpaired) electrons. The number of hydrogen-bond donors (Lipinski definition) is 4. The third-order valence-corrected chi connectivity index (χ3v) is 5.47. The van der Waals surface area contributed by atoms with Crippen LogP contribution in [0.2, 0.25) is 0 Å². The molecule has 7 heteroatoms. The number of rotatable bonds is 4. The minimum atomic E-state index is -0.794. The van der Waals surface area contributed by atoms with Gasteiger partial charge in [0, 0.05) is 11.9 Å². The molecule has 26 heavy (non-hydrogen) atoms. The van der Waals surface area contributed by atoms with Crippen molar-refractivity contribution in [3.8, 4) is 11.8 Å². The molecule has 4 N–H and O–H groups in total. The summed E-state index contributed by atoms with van der Waals surface area (Å²) in [5.41, 5.74) is 4.99. The van der Waals surface area contributed by atoms with Gasteiger partial charge in [-0.15, -0.1) is 11.3 Å². The summed E-state index contributed by atoms with van der Waals surface area (Å²) < 4.78 is 1.31. The third-order valence-electron chi connectivity index (χ3n) is 4.52. The largest absolute Gasteiger partial charge is 0.494 e. The fourth-order valence-electron chi connectivity index (χ4n) is 3.14. The summed E-state index contributed by atoms with van der Waals surface area (Å²) in [7, 11) is 1.59. The van der Waals surface area contributed by atoms with Gasteiger partial charge in [-0.05, 0) is 29.7 Å². The van der Waals surface area contributed by atoms with E-state index in [1.165, 1.54) is 15.9 Å². The van der Waals surface area contributed by atoms with Crippen molar-refractivity contribution in [2.75, 3.05) is 10.4 Å². The van der Waals surface area contributed by atoms with Gasteiger partial charge < -0.3 is 15.3 Å². The van der Waals surface area contributed by atoms with Crippen LogP contribution in [0.25, 0.3) is 6.08 Å². The van der Waals surface area contributed by atoms with Crippen molar-refractivity contribution in [2.45, 2.75) is 12.1 Å². The topological polar surface area (TPSA) is 80.9 Å². The molecule has 4 rings (SSSR count). The Morgan fingerprint density at radius 3 is 2.54 bits per heavy atom. The van der Waals surface area contributed by atoms with Crippen molar-refractivity contribution in [3.05, 3.63) is 64.4 Å². The fraction of sp³-hybridized carbons (Fsp3) is 0.158. The Balaban J connectivity index is 1.80. The molecular weight excluding hydrogens is 350 g/mol. The minimum Gasteiger partial charge on any atom is -0.494 e. The zero-order chi connectivity index (χ0) is 18.3. The van der Waals surface area contributed by atoms with Crippen molar-refractivity contribution in [1.29, 1.82) is 0 Å². The van der Waals surface area contributed by atoms with Crippen LogP contribution in [0.15, 0.2) is 53.9 Å². The van der Waals surface area contributed by atoms with Gasteiger partial charge in [0.1, 0.15) is 11.8 Å². The summed E-state index contributed by atoms with van der Waals surface area (Å²) in [6.45, 7) is 0. The molecule has 6 nitrogen and oxygen atoms in total. The summed E-state index contributed by atoms with van der Waals surface area (Å²) in [6, 6.07) is 12.8. The van der Waals surface area contributed by atoms with Gasteiger partial charge in [-0.2, -0.15) is 0 Å². The first-order valence-electron chi connectivity index (χ1n) is 8.19. The molecule has 0 amide bonds. The molecule has 1 aromatic carbocycles. The van der Waals surface area contributed by atoms with E-state index in [1.807, 2.05) is 53.9 Å². The molecule has 1 aliphatic rings. The first-order valence-corrected chi connectivity index (χ1v) is 9.07. The van der Waals surface area contributed by atoms with Crippen LogP contribution in [0.3, 0.4) is 0 Å². The second-order valence-electron chi connectivity index (χ2n) is 6.13. The Morgan fingerprint density at radius 2 is 1.85 bits per heavy atom. The number of aliphatic hydroxyl groups is 1. The number of hydrogen-bond acceptors (Lipinski definition) is 6. The highest BCUT2D eigenvalue weighted by Crippen LogP contribution is 2.46. The first-order chi connectivity index (χ1) is 12.6. The average Bonchev–Trinajstić information content (AvgIpc) is 3.27. The SMILES string of the molecule is Cn1c(O)c2c(c1O)N(Nc1ccccc1)C(C(O)c1cccs1)C=C2. The number of thiophene rings is 1. The summed E-state index contributed by atoms with van der Waals surface area (Å²) in [6.07, 6.45) is 2.76. The Bertz CT molecular complexity index is 935. The molecule has 2 atom stereocenters. The van der Waals surface area contributed by atoms with Crippen molar-refractivity contribution in [1.82, 2.24) is 4.57 Å². The summed E-state index contributed by atoms with van der Waals surface area (Å²) in [5.74, 6) is -0.105. The van der Waals surface area contributed by atoms with Gasteiger partial charge in [-0.1, -0.05) is 30.3 Å².